The van der Waals surface area contributed by atoms with Crippen LogP contribution in [-0.4, -0.2) is 26.8 Å². The summed E-state index contributed by atoms with van der Waals surface area (Å²) in [6, 6.07) is 5.35. The minimum Gasteiger partial charge on any atom is -0.317 e. The number of rotatable bonds is 3. The van der Waals surface area contributed by atoms with Crippen molar-refractivity contribution in [2.24, 2.45) is 0 Å². The summed E-state index contributed by atoms with van der Waals surface area (Å²) in [5, 5.41) is 2.76. The molecule has 17 heavy (non-hydrogen) atoms. The highest BCUT2D eigenvalue weighted by Crippen LogP contribution is 2.29. The second-order valence-corrected chi connectivity index (χ2v) is 6.65. The van der Waals surface area contributed by atoms with Crippen molar-refractivity contribution in [1.29, 1.82) is 0 Å². The van der Waals surface area contributed by atoms with Gasteiger partial charge in [0.25, 0.3) is 0 Å². The van der Waals surface area contributed by atoms with Gasteiger partial charge in [0, 0.05) is 6.04 Å². The van der Waals surface area contributed by atoms with Crippen LogP contribution < -0.4 is 5.32 Å². The SMILES string of the molecule is CNC1CCC(S(=O)(=O)c2ccc(F)cc2)C1. The van der Waals surface area contributed by atoms with Crippen molar-refractivity contribution in [1.82, 2.24) is 5.32 Å². The number of nitrogens with one attached hydrogen (secondary N) is 1. The smallest absolute Gasteiger partial charge is 0.181 e. The topological polar surface area (TPSA) is 46.2 Å². The molecule has 5 heteroatoms. The van der Waals surface area contributed by atoms with Crippen LogP contribution in [0.15, 0.2) is 29.2 Å². The fraction of sp³-hybridized carbons (Fsp3) is 0.500. The van der Waals surface area contributed by atoms with Crippen molar-refractivity contribution < 1.29 is 12.8 Å². The molecule has 1 aliphatic rings. The molecule has 1 aromatic carbocycles. The van der Waals surface area contributed by atoms with E-state index in [1.54, 1.807) is 0 Å². The van der Waals surface area contributed by atoms with E-state index in [0.29, 0.717) is 12.8 Å². The summed E-state index contributed by atoms with van der Waals surface area (Å²) in [6.45, 7) is 0. The van der Waals surface area contributed by atoms with E-state index < -0.39 is 15.7 Å². The van der Waals surface area contributed by atoms with Gasteiger partial charge in [0.1, 0.15) is 5.82 Å². The Morgan fingerprint density at radius 2 is 1.88 bits per heavy atom. The molecule has 0 aromatic heterocycles. The van der Waals surface area contributed by atoms with Gasteiger partial charge < -0.3 is 5.32 Å². The molecule has 1 saturated carbocycles. The Balaban J connectivity index is 2.22. The minimum absolute atomic E-state index is 0.223. The summed E-state index contributed by atoms with van der Waals surface area (Å²) in [5.41, 5.74) is 0. The van der Waals surface area contributed by atoms with E-state index in [4.69, 9.17) is 0 Å². The first kappa shape index (κ1) is 12.5. The van der Waals surface area contributed by atoms with Crippen molar-refractivity contribution in [2.75, 3.05) is 7.05 Å². The maximum absolute atomic E-state index is 12.8. The van der Waals surface area contributed by atoms with Crippen LogP contribution in [0.25, 0.3) is 0 Å². The Morgan fingerprint density at radius 3 is 2.41 bits per heavy atom. The van der Waals surface area contributed by atoms with Crippen molar-refractivity contribution in [2.45, 2.75) is 35.4 Å². The van der Waals surface area contributed by atoms with Gasteiger partial charge in [0.15, 0.2) is 9.84 Å². The van der Waals surface area contributed by atoms with Crippen LogP contribution in [-0.2, 0) is 9.84 Å². The number of benzene rings is 1. The van der Waals surface area contributed by atoms with Crippen LogP contribution in [0.4, 0.5) is 4.39 Å². The molecule has 1 aromatic rings. The summed E-state index contributed by atoms with van der Waals surface area (Å²) >= 11 is 0. The normalized spacial score (nSPS) is 25.1. The van der Waals surface area contributed by atoms with Gasteiger partial charge in [0.2, 0.25) is 0 Å². The lowest BCUT2D eigenvalue weighted by Crippen LogP contribution is -2.25. The monoisotopic (exact) mass is 257 g/mol. The van der Waals surface area contributed by atoms with E-state index in [1.165, 1.54) is 24.3 Å². The maximum atomic E-state index is 12.8. The molecular weight excluding hydrogens is 241 g/mol. The lowest BCUT2D eigenvalue weighted by Gasteiger charge is -2.12. The molecule has 0 heterocycles. The summed E-state index contributed by atoms with van der Waals surface area (Å²) < 4.78 is 37.3. The first-order valence-corrected chi connectivity index (χ1v) is 7.25. The van der Waals surface area contributed by atoms with Crippen LogP contribution in [0, 0.1) is 5.82 Å². The molecule has 2 unspecified atom stereocenters. The predicted molar refractivity (Wildman–Crippen MR) is 64.1 cm³/mol. The van der Waals surface area contributed by atoms with E-state index in [9.17, 15) is 12.8 Å². The van der Waals surface area contributed by atoms with Gasteiger partial charge in [-0.15, -0.1) is 0 Å². The summed E-state index contributed by atoms with van der Waals surface area (Å²) in [5.74, 6) is -0.413. The summed E-state index contributed by atoms with van der Waals surface area (Å²) in [6.07, 6.45) is 2.18. The average Bonchev–Trinajstić information content (AvgIpc) is 2.78. The van der Waals surface area contributed by atoms with E-state index in [0.717, 1.165) is 6.42 Å². The van der Waals surface area contributed by atoms with Crippen LogP contribution in [0.3, 0.4) is 0 Å². The van der Waals surface area contributed by atoms with Gasteiger partial charge in [-0.05, 0) is 50.6 Å². The molecule has 0 bridgehead atoms. The lowest BCUT2D eigenvalue weighted by molar-refractivity contribution is 0.564. The molecule has 0 amide bonds. The fourth-order valence-electron chi connectivity index (χ4n) is 2.30. The Hall–Kier alpha value is -0.940. The van der Waals surface area contributed by atoms with Crippen LogP contribution in [0.5, 0.6) is 0 Å². The zero-order valence-electron chi connectivity index (χ0n) is 9.69. The lowest BCUT2D eigenvalue weighted by atomic mass is 10.3. The Labute approximate surface area is 101 Å². The van der Waals surface area contributed by atoms with Crippen molar-refractivity contribution in [3.8, 4) is 0 Å². The van der Waals surface area contributed by atoms with Gasteiger partial charge in [-0.2, -0.15) is 0 Å². The number of hydrogen-bond donors (Lipinski definition) is 1. The van der Waals surface area contributed by atoms with Crippen LogP contribution >= 0.6 is 0 Å². The van der Waals surface area contributed by atoms with Crippen molar-refractivity contribution >= 4 is 9.84 Å². The molecule has 0 saturated heterocycles. The second kappa shape index (κ2) is 4.74. The van der Waals surface area contributed by atoms with Crippen LogP contribution in [0.1, 0.15) is 19.3 Å². The molecular formula is C12H16FNO2S. The first-order chi connectivity index (χ1) is 8.04. The molecule has 2 atom stereocenters. The quantitative estimate of drug-likeness (QED) is 0.839. The zero-order chi connectivity index (χ0) is 12.5. The molecule has 1 N–H and O–H groups in total. The molecule has 1 fully saturated rings. The largest absolute Gasteiger partial charge is 0.317 e. The zero-order valence-corrected chi connectivity index (χ0v) is 10.5. The Morgan fingerprint density at radius 1 is 1.24 bits per heavy atom. The highest BCUT2D eigenvalue weighted by atomic mass is 32.2. The molecule has 2 rings (SSSR count). The molecule has 94 valence electrons. The van der Waals surface area contributed by atoms with Crippen molar-refractivity contribution in [3.63, 3.8) is 0 Å². The average molecular weight is 257 g/mol. The summed E-state index contributed by atoms with van der Waals surface area (Å²) in [4.78, 5) is 0.223. The van der Waals surface area contributed by atoms with Gasteiger partial charge in [-0.3, -0.25) is 0 Å². The molecule has 0 radical (unpaired) electrons. The second-order valence-electron chi connectivity index (χ2n) is 4.42. The third-order valence-corrected chi connectivity index (χ3v) is 5.61. The molecule has 1 aliphatic carbocycles. The van der Waals surface area contributed by atoms with Gasteiger partial charge in [-0.1, -0.05) is 0 Å². The van der Waals surface area contributed by atoms with E-state index in [-0.39, 0.29) is 16.2 Å². The molecule has 3 nitrogen and oxygen atoms in total. The maximum Gasteiger partial charge on any atom is 0.181 e. The van der Waals surface area contributed by atoms with E-state index >= 15 is 0 Å². The standard InChI is InChI=1S/C12H16FNO2S/c1-14-10-4-7-12(8-10)17(15,16)11-5-2-9(13)3-6-11/h2-3,5-6,10,12,14H,4,7-8H2,1H3. The third-order valence-electron chi connectivity index (χ3n) is 3.37. The minimum atomic E-state index is -3.31. The van der Waals surface area contributed by atoms with Crippen molar-refractivity contribution in [3.05, 3.63) is 30.1 Å². The number of hydrogen-bond acceptors (Lipinski definition) is 3. The molecule has 0 spiro atoms. The van der Waals surface area contributed by atoms with Crippen LogP contribution in [0.2, 0.25) is 0 Å². The molecule has 0 aliphatic heterocycles. The Bertz CT molecular complexity index is 484. The van der Waals surface area contributed by atoms with Gasteiger partial charge in [0.05, 0.1) is 10.1 Å². The predicted octanol–water partition coefficient (Wildman–Crippen LogP) is 1.74. The van der Waals surface area contributed by atoms with Gasteiger partial charge >= 0.3 is 0 Å². The fourth-order valence-corrected chi connectivity index (χ4v) is 4.13. The first-order valence-electron chi connectivity index (χ1n) is 5.71. The number of halogens is 1. The Kier molecular flexibility index (Phi) is 3.49. The third kappa shape index (κ3) is 2.50. The highest BCUT2D eigenvalue weighted by molar-refractivity contribution is 7.92. The number of sulfone groups is 1. The highest BCUT2D eigenvalue weighted by Gasteiger charge is 2.34. The van der Waals surface area contributed by atoms with E-state index in [1.807, 2.05) is 7.05 Å². The summed E-state index contributed by atoms with van der Waals surface area (Å²) in [7, 11) is -1.46. The van der Waals surface area contributed by atoms with E-state index in [2.05, 4.69) is 5.32 Å². The van der Waals surface area contributed by atoms with Gasteiger partial charge in [-0.25, -0.2) is 12.8 Å².